The van der Waals surface area contributed by atoms with Gasteiger partial charge in [-0.15, -0.1) is 0 Å². The highest BCUT2D eigenvalue weighted by molar-refractivity contribution is 9.10. The SMILES string of the molecule is O=C1S/C(=C\c2ccc(Oc3ccc([N+](=O)[O-])cn3)cc2)C(=O)N1Cc1ccccc1Br. The van der Waals surface area contributed by atoms with Gasteiger partial charge in [0.15, 0.2) is 0 Å². The van der Waals surface area contributed by atoms with Crippen molar-refractivity contribution in [3.05, 3.63) is 97.5 Å². The molecule has 2 aromatic carbocycles. The minimum absolute atomic E-state index is 0.124. The van der Waals surface area contributed by atoms with E-state index in [1.807, 2.05) is 24.3 Å². The second-order valence-electron chi connectivity index (χ2n) is 6.64. The topological polar surface area (TPSA) is 103 Å². The molecule has 10 heteroatoms. The first-order valence-corrected chi connectivity index (χ1v) is 10.9. The maximum absolute atomic E-state index is 12.7. The lowest BCUT2D eigenvalue weighted by Gasteiger charge is -2.13. The molecule has 0 aliphatic carbocycles. The highest BCUT2D eigenvalue weighted by atomic mass is 79.9. The molecule has 1 saturated heterocycles. The van der Waals surface area contributed by atoms with Crippen LogP contribution in [0.3, 0.4) is 0 Å². The zero-order chi connectivity index (χ0) is 22.7. The van der Waals surface area contributed by atoms with Crippen molar-refractivity contribution in [2.45, 2.75) is 6.54 Å². The third kappa shape index (κ3) is 4.87. The van der Waals surface area contributed by atoms with Crippen molar-refractivity contribution in [1.82, 2.24) is 9.88 Å². The zero-order valence-electron chi connectivity index (χ0n) is 16.3. The Morgan fingerprint density at radius 2 is 1.84 bits per heavy atom. The molecule has 0 saturated carbocycles. The van der Waals surface area contributed by atoms with E-state index >= 15 is 0 Å². The number of amides is 2. The maximum Gasteiger partial charge on any atom is 0.293 e. The van der Waals surface area contributed by atoms with Gasteiger partial charge in [0, 0.05) is 16.6 Å². The summed E-state index contributed by atoms with van der Waals surface area (Å²) in [5, 5.41) is 10.4. The maximum atomic E-state index is 12.7. The first-order chi connectivity index (χ1) is 15.4. The van der Waals surface area contributed by atoms with Gasteiger partial charge in [0.2, 0.25) is 5.88 Å². The molecule has 0 spiro atoms. The fourth-order valence-electron chi connectivity index (χ4n) is 2.88. The number of nitrogens with zero attached hydrogens (tertiary/aromatic N) is 3. The quantitative estimate of drug-likeness (QED) is 0.234. The van der Waals surface area contributed by atoms with Crippen LogP contribution in [-0.2, 0) is 11.3 Å². The molecule has 2 heterocycles. The molecule has 0 bridgehead atoms. The number of ether oxygens (including phenoxy) is 1. The van der Waals surface area contributed by atoms with E-state index in [1.54, 1.807) is 30.3 Å². The molecule has 0 radical (unpaired) electrons. The summed E-state index contributed by atoms with van der Waals surface area (Å²) in [6.07, 6.45) is 2.77. The Morgan fingerprint density at radius 1 is 1.09 bits per heavy atom. The number of pyridine rings is 1. The van der Waals surface area contributed by atoms with Gasteiger partial charge in [-0.25, -0.2) is 4.98 Å². The summed E-state index contributed by atoms with van der Waals surface area (Å²) in [6, 6.07) is 17.0. The fraction of sp³-hybridized carbons (Fsp3) is 0.0455. The van der Waals surface area contributed by atoms with Gasteiger partial charge in [0.1, 0.15) is 11.9 Å². The van der Waals surface area contributed by atoms with E-state index in [0.29, 0.717) is 10.7 Å². The number of thioether (sulfide) groups is 1. The number of imide groups is 1. The number of carbonyl (C=O) groups excluding carboxylic acids is 2. The summed E-state index contributed by atoms with van der Waals surface area (Å²) < 4.78 is 6.41. The molecular weight excluding hydrogens is 498 g/mol. The lowest BCUT2D eigenvalue weighted by atomic mass is 10.2. The minimum atomic E-state index is -0.536. The van der Waals surface area contributed by atoms with Crippen LogP contribution in [0.4, 0.5) is 10.5 Å². The Kier molecular flexibility index (Phi) is 6.33. The number of carbonyl (C=O) groups is 2. The number of nitro groups is 1. The first kappa shape index (κ1) is 21.7. The molecule has 1 aromatic heterocycles. The summed E-state index contributed by atoms with van der Waals surface area (Å²) >= 11 is 4.33. The molecule has 2 amide bonds. The summed E-state index contributed by atoms with van der Waals surface area (Å²) in [5.74, 6) is 0.355. The van der Waals surface area contributed by atoms with Gasteiger partial charge in [0.25, 0.3) is 16.8 Å². The standard InChI is InChI=1S/C22H14BrN3O5S/c23-18-4-2-1-3-15(18)13-25-21(27)19(32-22(25)28)11-14-5-8-17(9-6-14)31-20-10-7-16(12-24-20)26(29)30/h1-12H,13H2/b19-11-. The van der Waals surface area contributed by atoms with E-state index in [2.05, 4.69) is 20.9 Å². The van der Waals surface area contributed by atoms with Crippen molar-refractivity contribution in [2.75, 3.05) is 0 Å². The van der Waals surface area contributed by atoms with Crippen LogP contribution in [0.15, 0.2) is 76.2 Å². The van der Waals surface area contributed by atoms with Crippen LogP contribution < -0.4 is 4.74 Å². The van der Waals surface area contributed by atoms with Crippen LogP contribution in [-0.4, -0.2) is 26.0 Å². The van der Waals surface area contributed by atoms with E-state index in [9.17, 15) is 19.7 Å². The normalized spacial score (nSPS) is 14.8. The Balaban J connectivity index is 1.44. The van der Waals surface area contributed by atoms with Crippen LogP contribution in [0.2, 0.25) is 0 Å². The molecule has 0 atom stereocenters. The zero-order valence-corrected chi connectivity index (χ0v) is 18.7. The van der Waals surface area contributed by atoms with Crippen LogP contribution in [0.1, 0.15) is 11.1 Å². The average Bonchev–Trinajstić information content (AvgIpc) is 3.04. The highest BCUT2D eigenvalue weighted by Crippen LogP contribution is 2.34. The molecule has 0 N–H and O–H groups in total. The summed E-state index contributed by atoms with van der Waals surface area (Å²) in [6.45, 7) is 0.193. The van der Waals surface area contributed by atoms with Gasteiger partial charge in [0.05, 0.1) is 16.4 Å². The van der Waals surface area contributed by atoms with Crippen LogP contribution in [0.25, 0.3) is 6.08 Å². The van der Waals surface area contributed by atoms with E-state index < -0.39 is 4.92 Å². The molecular formula is C22H14BrN3O5S. The van der Waals surface area contributed by atoms with Gasteiger partial charge in [-0.1, -0.05) is 46.3 Å². The van der Waals surface area contributed by atoms with Gasteiger partial charge < -0.3 is 4.74 Å². The Bertz CT molecular complexity index is 1230. The molecule has 8 nitrogen and oxygen atoms in total. The molecule has 1 fully saturated rings. The molecule has 160 valence electrons. The first-order valence-electron chi connectivity index (χ1n) is 9.28. The van der Waals surface area contributed by atoms with Gasteiger partial charge in [-0.2, -0.15) is 0 Å². The largest absolute Gasteiger partial charge is 0.439 e. The van der Waals surface area contributed by atoms with E-state index in [-0.39, 0.29) is 29.3 Å². The highest BCUT2D eigenvalue weighted by Gasteiger charge is 2.35. The monoisotopic (exact) mass is 511 g/mol. The molecule has 4 rings (SSSR count). The number of hydrogen-bond acceptors (Lipinski definition) is 7. The molecule has 1 aliphatic heterocycles. The number of aromatic nitrogens is 1. The van der Waals surface area contributed by atoms with Crippen LogP contribution in [0, 0.1) is 10.1 Å². The Hall–Kier alpha value is -3.50. The molecule has 32 heavy (non-hydrogen) atoms. The fourth-order valence-corrected chi connectivity index (χ4v) is 4.13. The van der Waals surface area contributed by atoms with Gasteiger partial charge in [-0.05, 0) is 47.2 Å². The third-order valence-corrected chi connectivity index (χ3v) is 6.17. The van der Waals surface area contributed by atoms with Crippen molar-refractivity contribution in [1.29, 1.82) is 0 Å². The van der Waals surface area contributed by atoms with Crippen LogP contribution in [0.5, 0.6) is 11.6 Å². The van der Waals surface area contributed by atoms with Crippen molar-refractivity contribution in [3.8, 4) is 11.6 Å². The van der Waals surface area contributed by atoms with Crippen molar-refractivity contribution in [2.24, 2.45) is 0 Å². The van der Waals surface area contributed by atoms with Crippen molar-refractivity contribution < 1.29 is 19.2 Å². The van der Waals surface area contributed by atoms with E-state index in [0.717, 1.165) is 33.6 Å². The van der Waals surface area contributed by atoms with E-state index in [4.69, 9.17) is 4.74 Å². The lowest BCUT2D eigenvalue weighted by Crippen LogP contribution is -2.27. The smallest absolute Gasteiger partial charge is 0.293 e. The number of benzene rings is 2. The van der Waals surface area contributed by atoms with Gasteiger partial charge >= 0.3 is 0 Å². The summed E-state index contributed by atoms with van der Waals surface area (Å²) in [4.78, 5) is 40.7. The minimum Gasteiger partial charge on any atom is -0.439 e. The van der Waals surface area contributed by atoms with Crippen LogP contribution >= 0.6 is 27.7 Å². The summed E-state index contributed by atoms with van der Waals surface area (Å²) in [5.41, 5.74) is 1.44. The van der Waals surface area contributed by atoms with Crippen molar-refractivity contribution >= 4 is 50.6 Å². The third-order valence-electron chi connectivity index (χ3n) is 4.49. The molecule has 3 aromatic rings. The predicted octanol–water partition coefficient (Wildman–Crippen LogP) is 5.78. The Labute approximate surface area is 195 Å². The summed E-state index contributed by atoms with van der Waals surface area (Å²) in [7, 11) is 0. The number of rotatable bonds is 6. The number of halogens is 1. The van der Waals surface area contributed by atoms with Crippen molar-refractivity contribution in [3.63, 3.8) is 0 Å². The number of hydrogen-bond donors (Lipinski definition) is 0. The molecule has 1 aliphatic rings. The second-order valence-corrected chi connectivity index (χ2v) is 8.49. The Morgan fingerprint density at radius 3 is 2.50 bits per heavy atom. The van der Waals surface area contributed by atoms with E-state index in [1.165, 1.54) is 17.0 Å². The van der Waals surface area contributed by atoms with Gasteiger partial charge in [-0.3, -0.25) is 24.6 Å². The average molecular weight is 512 g/mol. The predicted molar refractivity (Wildman–Crippen MR) is 123 cm³/mol. The second kappa shape index (κ2) is 9.33. The molecule has 0 unspecified atom stereocenters. The lowest BCUT2D eigenvalue weighted by molar-refractivity contribution is -0.385.